The van der Waals surface area contributed by atoms with E-state index in [9.17, 15) is 18.0 Å². The third-order valence-corrected chi connectivity index (χ3v) is 3.30. The molecule has 0 spiro atoms. The second kappa shape index (κ2) is 6.44. The van der Waals surface area contributed by atoms with E-state index in [-0.39, 0.29) is 31.2 Å². The summed E-state index contributed by atoms with van der Waals surface area (Å²) in [6.07, 6.45) is -5.23. The molecule has 0 radical (unpaired) electrons. The predicted octanol–water partition coefficient (Wildman–Crippen LogP) is 2.25. The van der Waals surface area contributed by atoms with Crippen LogP contribution in [-0.2, 0) is 20.4 Å². The smallest absolute Gasteiger partial charge is 0.375 e. The van der Waals surface area contributed by atoms with E-state index in [0.717, 1.165) is 6.07 Å². The number of nitrogens with zero attached hydrogens (tertiary/aromatic N) is 1. The molecule has 0 saturated carbocycles. The van der Waals surface area contributed by atoms with Gasteiger partial charge in [-0.15, -0.1) is 0 Å². The highest BCUT2D eigenvalue weighted by Crippen LogP contribution is 2.36. The molecule has 1 aromatic carbocycles. The second-order valence-electron chi connectivity index (χ2n) is 4.72. The number of carbonyl (C=O) groups excluding carboxylic acids is 1. The number of methoxy groups -OCH3 is 1. The molecule has 116 valence electrons. The van der Waals surface area contributed by atoms with Crippen molar-refractivity contribution in [3.63, 3.8) is 0 Å². The molecular weight excluding hydrogens is 287 g/mol. The molecule has 2 rings (SSSR count). The minimum absolute atomic E-state index is 0.0555. The van der Waals surface area contributed by atoms with Crippen molar-refractivity contribution >= 4 is 5.91 Å². The predicted molar refractivity (Wildman–Crippen MR) is 68.6 cm³/mol. The zero-order valence-corrected chi connectivity index (χ0v) is 11.5. The summed E-state index contributed by atoms with van der Waals surface area (Å²) in [7, 11) is 1.40. The van der Waals surface area contributed by atoms with Crippen molar-refractivity contribution in [3.05, 3.63) is 35.4 Å². The highest BCUT2D eigenvalue weighted by Gasteiger charge is 2.36. The van der Waals surface area contributed by atoms with Gasteiger partial charge in [-0.1, -0.05) is 18.2 Å². The third-order valence-electron chi connectivity index (χ3n) is 3.30. The van der Waals surface area contributed by atoms with E-state index in [4.69, 9.17) is 9.47 Å². The first-order valence-electron chi connectivity index (χ1n) is 6.48. The SMILES string of the molecule is COCC(=O)N1CCO[C@@H](c2ccccc2C(F)(F)F)C1. The monoisotopic (exact) mass is 303 g/mol. The first-order valence-corrected chi connectivity index (χ1v) is 6.48. The lowest BCUT2D eigenvalue weighted by molar-refractivity contribution is -0.145. The molecule has 0 aromatic heterocycles. The average Bonchev–Trinajstić information content (AvgIpc) is 2.47. The normalized spacial score (nSPS) is 19.6. The summed E-state index contributed by atoms with van der Waals surface area (Å²) in [6.45, 7) is 0.558. The lowest BCUT2D eigenvalue weighted by Crippen LogP contribution is -2.44. The molecule has 4 nitrogen and oxygen atoms in total. The topological polar surface area (TPSA) is 38.8 Å². The largest absolute Gasteiger partial charge is 0.416 e. The molecule has 1 amide bonds. The Bertz CT molecular complexity index is 504. The maximum atomic E-state index is 13.0. The molecule has 21 heavy (non-hydrogen) atoms. The summed E-state index contributed by atoms with van der Waals surface area (Å²) in [5.41, 5.74) is -0.670. The van der Waals surface area contributed by atoms with Gasteiger partial charge in [-0.25, -0.2) is 0 Å². The van der Waals surface area contributed by atoms with Gasteiger partial charge in [0.05, 0.1) is 18.7 Å². The first-order chi connectivity index (χ1) is 9.93. The number of hydrogen-bond donors (Lipinski definition) is 0. The van der Waals surface area contributed by atoms with Gasteiger partial charge in [0.2, 0.25) is 5.91 Å². The van der Waals surface area contributed by atoms with Crippen LogP contribution in [0.1, 0.15) is 17.2 Å². The van der Waals surface area contributed by atoms with Crippen molar-refractivity contribution < 1.29 is 27.4 Å². The Balaban J connectivity index is 2.20. The summed E-state index contributed by atoms with van der Waals surface area (Å²) in [4.78, 5) is 13.2. The molecule has 0 aliphatic carbocycles. The van der Waals surface area contributed by atoms with Crippen LogP contribution in [0.4, 0.5) is 13.2 Å². The number of hydrogen-bond acceptors (Lipinski definition) is 3. The summed E-state index contributed by atoms with van der Waals surface area (Å²) < 4.78 is 49.3. The number of morpholine rings is 1. The number of halogens is 3. The minimum Gasteiger partial charge on any atom is -0.375 e. The van der Waals surface area contributed by atoms with E-state index < -0.39 is 17.8 Å². The Morgan fingerprint density at radius 3 is 2.81 bits per heavy atom. The molecule has 1 aliphatic heterocycles. The number of benzene rings is 1. The van der Waals surface area contributed by atoms with Crippen LogP contribution in [-0.4, -0.2) is 44.2 Å². The van der Waals surface area contributed by atoms with Crippen molar-refractivity contribution in [3.8, 4) is 0 Å². The van der Waals surface area contributed by atoms with Crippen LogP contribution in [0.3, 0.4) is 0 Å². The first kappa shape index (κ1) is 15.8. The maximum absolute atomic E-state index is 13.0. The quantitative estimate of drug-likeness (QED) is 0.860. The van der Waals surface area contributed by atoms with Crippen molar-refractivity contribution in [2.45, 2.75) is 12.3 Å². The van der Waals surface area contributed by atoms with Gasteiger partial charge in [0, 0.05) is 13.7 Å². The minimum atomic E-state index is -4.45. The van der Waals surface area contributed by atoms with Gasteiger partial charge in [-0.05, 0) is 11.6 Å². The van der Waals surface area contributed by atoms with E-state index in [1.165, 1.54) is 30.2 Å². The fourth-order valence-electron chi connectivity index (χ4n) is 2.31. The van der Waals surface area contributed by atoms with Crippen LogP contribution in [0.2, 0.25) is 0 Å². The Hall–Kier alpha value is -1.60. The molecular formula is C14H16F3NO3. The standard InChI is InChI=1S/C14H16F3NO3/c1-20-9-13(19)18-6-7-21-12(8-18)10-4-2-3-5-11(10)14(15,16)17/h2-5,12H,6-9H2,1H3/t12-/m1/s1. The molecule has 7 heteroatoms. The van der Waals surface area contributed by atoms with Crippen LogP contribution in [0, 0.1) is 0 Å². The zero-order chi connectivity index (χ0) is 15.5. The number of amides is 1. The molecule has 1 heterocycles. The second-order valence-corrected chi connectivity index (χ2v) is 4.72. The Morgan fingerprint density at radius 2 is 2.14 bits per heavy atom. The molecule has 1 atom stereocenters. The lowest BCUT2D eigenvalue weighted by atomic mass is 10.0. The van der Waals surface area contributed by atoms with E-state index in [0.29, 0.717) is 6.54 Å². The van der Waals surface area contributed by atoms with E-state index in [1.54, 1.807) is 0 Å². The van der Waals surface area contributed by atoms with Crippen molar-refractivity contribution in [2.75, 3.05) is 33.4 Å². The van der Waals surface area contributed by atoms with Crippen molar-refractivity contribution in [2.24, 2.45) is 0 Å². The Labute approximate surface area is 120 Å². The Kier molecular flexibility index (Phi) is 4.84. The number of ether oxygens (including phenoxy) is 2. The summed E-state index contributed by atoms with van der Waals surface area (Å²) in [5.74, 6) is -0.254. The van der Waals surface area contributed by atoms with Crippen LogP contribution < -0.4 is 0 Å². The summed E-state index contributed by atoms with van der Waals surface area (Å²) in [6, 6.07) is 5.28. The number of carbonyl (C=O) groups is 1. The molecule has 1 aliphatic rings. The molecule has 0 N–H and O–H groups in total. The number of alkyl halides is 3. The maximum Gasteiger partial charge on any atom is 0.416 e. The van der Waals surface area contributed by atoms with Crippen LogP contribution in [0.25, 0.3) is 0 Å². The lowest BCUT2D eigenvalue weighted by Gasteiger charge is -2.34. The molecule has 1 aromatic rings. The van der Waals surface area contributed by atoms with E-state index >= 15 is 0 Å². The Morgan fingerprint density at radius 1 is 1.43 bits per heavy atom. The van der Waals surface area contributed by atoms with Gasteiger partial charge < -0.3 is 14.4 Å². The number of rotatable bonds is 3. The fraction of sp³-hybridized carbons (Fsp3) is 0.500. The van der Waals surface area contributed by atoms with Gasteiger partial charge >= 0.3 is 6.18 Å². The van der Waals surface area contributed by atoms with Crippen molar-refractivity contribution in [1.82, 2.24) is 4.90 Å². The van der Waals surface area contributed by atoms with Gasteiger partial charge in [0.25, 0.3) is 0 Å². The van der Waals surface area contributed by atoms with Gasteiger partial charge in [-0.3, -0.25) is 4.79 Å². The summed E-state index contributed by atoms with van der Waals surface area (Å²) in [5, 5.41) is 0. The highest BCUT2D eigenvalue weighted by molar-refractivity contribution is 5.77. The van der Waals surface area contributed by atoms with Gasteiger partial charge in [0.15, 0.2) is 0 Å². The van der Waals surface area contributed by atoms with Crippen LogP contribution in [0.15, 0.2) is 24.3 Å². The van der Waals surface area contributed by atoms with Crippen LogP contribution in [0.5, 0.6) is 0 Å². The molecule has 1 fully saturated rings. The third kappa shape index (κ3) is 3.74. The average molecular weight is 303 g/mol. The fourth-order valence-corrected chi connectivity index (χ4v) is 2.31. The zero-order valence-electron chi connectivity index (χ0n) is 11.5. The van der Waals surface area contributed by atoms with E-state index in [1.807, 2.05) is 0 Å². The summed E-state index contributed by atoms with van der Waals surface area (Å²) >= 11 is 0. The highest BCUT2D eigenvalue weighted by atomic mass is 19.4. The van der Waals surface area contributed by atoms with Crippen molar-refractivity contribution in [1.29, 1.82) is 0 Å². The molecule has 0 bridgehead atoms. The van der Waals surface area contributed by atoms with E-state index in [2.05, 4.69) is 0 Å². The van der Waals surface area contributed by atoms with Gasteiger partial charge in [0.1, 0.15) is 12.7 Å². The van der Waals surface area contributed by atoms with Gasteiger partial charge in [-0.2, -0.15) is 13.2 Å². The molecule has 1 saturated heterocycles. The molecule has 0 unspecified atom stereocenters. The van der Waals surface area contributed by atoms with Crippen LogP contribution >= 0.6 is 0 Å².